The summed E-state index contributed by atoms with van der Waals surface area (Å²) in [5, 5.41) is 6.30. The number of pyridine rings is 1. The smallest absolute Gasteiger partial charge is 0.274 e. The minimum atomic E-state index is -0.186. The Labute approximate surface area is 118 Å². The van der Waals surface area contributed by atoms with Crippen LogP contribution in [0.1, 0.15) is 28.9 Å². The third kappa shape index (κ3) is 3.42. The highest BCUT2D eigenvalue weighted by molar-refractivity contribution is 6.02. The van der Waals surface area contributed by atoms with Crippen molar-refractivity contribution in [1.82, 2.24) is 10.3 Å². The second kappa shape index (κ2) is 5.84. The van der Waals surface area contributed by atoms with Gasteiger partial charge in [0.25, 0.3) is 5.91 Å². The van der Waals surface area contributed by atoms with E-state index in [0.717, 1.165) is 12.2 Å². The number of hydrogen-bond acceptors (Lipinski definition) is 3. The van der Waals surface area contributed by atoms with Crippen LogP contribution < -0.4 is 10.6 Å². The molecule has 0 atom stereocenters. The Balaban J connectivity index is 1.58. The number of hydrogen-bond donors (Lipinski definition) is 2. The fourth-order valence-electron chi connectivity index (χ4n) is 1.95. The highest BCUT2D eigenvalue weighted by Crippen LogP contribution is 2.19. The normalized spacial score (nSPS) is 14.0. The molecule has 2 aromatic rings. The lowest BCUT2D eigenvalue weighted by Gasteiger charge is -2.07. The molecule has 4 heteroatoms. The summed E-state index contributed by atoms with van der Waals surface area (Å²) < 4.78 is 0. The van der Waals surface area contributed by atoms with Crippen LogP contribution in [0.25, 0.3) is 0 Å². The average molecular weight is 267 g/mol. The molecule has 1 aromatic heterocycles. The molecule has 102 valence electrons. The fraction of sp³-hybridized carbons (Fsp3) is 0.250. The van der Waals surface area contributed by atoms with E-state index in [2.05, 4.69) is 15.6 Å². The van der Waals surface area contributed by atoms with Crippen molar-refractivity contribution in [2.75, 3.05) is 5.32 Å². The van der Waals surface area contributed by atoms with Crippen molar-refractivity contribution in [3.63, 3.8) is 0 Å². The van der Waals surface area contributed by atoms with E-state index >= 15 is 0 Å². The summed E-state index contributed by atoms with van der Waals surface area (Å²) in [5.74, 6) is -0.186. The molecule has 1 aromatic carbocycles. The zero-order chi connectivity index (χ0) is 13.8. The van der Waals surface area contributed by atoms with Gasteiger partial charge >= 0.3 is 0 Å². The minimum absolute atomic E-state index is 0.186. The average Bonchev–Trinajstić information content (AvgIpc) is 3.32. The lowest BCUT2D eigenvalue weighted by molar-refractivity contribution is 0.102. The van der Waals surface area contributed by atoms with E-state index < -0.39 is 0 Å². The summed E-state index contributed by atoms with van der Waals surface area (Å²) in [6.07, 6.45) is 4.19. The molecule has 1 aliphatic rings. The largest absolute Gasteiger partial charge is 0.321 e. The lowest BCUT2D eigenvalue weighted by atomic mass is 10.2. The number of amides is 1. The predicted octanol–water partition coefficient (Wildman–Crippen LogP) is 2.59. The van der Waals surface area contributed by atoms with Gasteiger partial charge in [0.2, 0.25) is 0 Å². The molecule has 0 spiro atoms. The summed E-state index contributed by atoms with van der Waals surface area (Å²) in [4.78, 5) is 16.0. The number of carbonyl (C=O) groups excluding carboxylic acids is 1. The summed E-state index contributed by atoms with van der Waals surface area (Å²) in [7, 11) is 0. The van der Waals surface area contributed by atoms with Crippen LogP contribution in [-0.2, 0) is 6.54 Å². The topological polar surface area (TPSA) is 54.0 Å². The van der Waals surface area contributed by atoms with Crippen LogP contribution in [0.4, 0.5) is 5.69 Å². The standard InChI is InChI=1S/C16H17N3O/c20-16(15-3-1-2-10-17-15)19-14-6-4-12(5-7-14)11-18-13-8-9-13/h1-7,10,13,18H,8-9,11H2,(H,19,20). The molecule has 2 N–H and O–H groups in total. The molecule has 0 saturated heterocycles. The highest BCUT2D eigenvalue weighted by atomic mass is 16.1. The van der Waals surface area contributed by atoms with Gasteiger partial charge in [0.15, 0.2) is 0 Å². The van der Waals surface area contributed by atoms with Crippen LogP contribution in [-0.4, -0.2) is 16.9 Å². The molecule has 4 nitrogen and oxygen atoms in total. The molecule has 0 radical (unpaired) electrons. The molecule has 1 amide bonds. The Kier molecular flexibility index (Phi) is 3.74. The van der Waals surface area contributed by atoms with Crippen LogP contribution >= 0.6 is 0 Å². The Morgan fingerprint density at radius 3 is 2.60 bits per heavy atom. The molecular formula is C16H17N3O. The van der Waals surface area contributed by atoms with Gasteiger partial charge in [-0.25, -0.2) is 0 Å². The van der Waals surface area contributed by atoms with Gasteiger partial charge in [-0.2, -0.15) is 0 Å². The van der Waals surface area contributed by atoms with Crippen molar-refractivity contribution in [3.8, 4) is 0 Å². The molecule has 1 saturated carbocycles. The SMILES string of the molecule is O=C(Nc1ccc(CNC2CC2)cc1)c1ccccn1. The van der Waals surface area contributed by atoms with Gasteiger partial charge in [0, 0.05) is 24.5 Å². The number of carbonyl (C=O) groups is 1. The summed E-state index contributed by atoms with van der Waals surface area (Å²) in [5.41, 5.74) is 2.44. The van der Waals surface area contributed by atoms with Crippen LogP contribution in [0.15, 0.2) is 48.7 Å². The number of aromatic nitrogens is 1. The fourth-order valence-corrected chi connectivity index (χ4v) is 1.95. The van der Waals surface area contributed by atoms with Crippen molar-refractivity contribution in [1.29, 1.82) is 0 Å². The predicted molar refractivity (Wildman–Crippen MR) is 78.5 cm³/mol. The lowest BCUT2D eigenvalue weighted by Crippen LogP contribution is -2.15. The maximum Gasteiger partial charge on any atom is 0.274 e. The number of rotatable bonds is 5. The first-order valence-corrected chi connectivity index (χ1v) is 6.86. The second-order valence-corrected chi connectivity index (χ2v) is 5.02. The molecule has 1 aliphatic carbocycles. The van der Waals surface area contributed by atoms with E-state index in [9.17, 15) is 4.79 Å². The molecule has 1 heterocycles. The van der Waals surface area contributed by atoms with Gasteiger partial charge in [0.1, 0.15) is 5.69 Å². The maximum atomic E-state index is 11.9. The number of nitrogens with zero attached hydrogens (tertiary/aromatic N) is 1. The third-order valence-electron chi connectivity index (χ3n) is 3.28. The number of benzene rings is 1. The zero-order valence-corrected chi connectivity index (χ0v) is 11.2. The van der Waals surface area contributed by atoms with Crippen LogP contribution in [0.3, 0.4) is 0 Å². The third-order valence-corrected chi connectivity index (χ3v) is 3.28. The van der Waals surface area contributed by atoms with E-state index in [4.69, 9.17) is 0 Å². The Morgan fingerprint density at radius 1 is 1.15 bits per heavy atom. The molecule has 0 aliphatic heterocycles. The molecule has 3 rings (SSSR count). The number of nitrogens with one attached hydrogen (secondary N) is 2. The van der Waals surface area contributed by atoms with Crippen LogP contribution in [0.2, 0.25) is 0 Å². The van der Waals surface area contributed by atoms with Crippen molar-refractivity contribution < 1.29 is 4.79 Å². The molecular weight excluding hydrogens is 250 g/mol. The van der Waals surface area contributed by atoms with Gasteiger partial charge < -0.3 is 10.6 Å². The van der Waals surface area contributed by atoms with E-state index in [-0.39, 0.29) is 5.91 Å². The summed E-state index contributed by atoms with van der Waals surface area (Å²) in [6, 6.07) is 13.9. The first-order valence-electron chi connectivity index (χ1n) is 6.86. The van der Waals surface area contributed by atoms with E-state index in [1.807, 2.05) is 24.3 Å². The van der Waals surface area contributed by atoms with Crippen LogP contribution in [0, 0.1) is 0 Å². The first-order chi connectivity index (χ1) is 9.81. The van der Waals surface area contributed by atoms with Crippen LogP contribution in [0.5, 0.6) is 0 Å². The molecule has 0 unspecified atom stereocenters. The first kappa shape index (κ1) is 12.8. The Bertz CT molecular complexity index is 576. The summed E-state index contributed by atoms with van der Waals surface area (Å²) >= 11 is 0. The van der Waals surface area contributed by atoms with Crippen molar-refractivity contribution in [2.45, 2.75) is 25.4 Å². The molecule has 20 heavy (non-hydrogen) atoms. The van der Waals surface area contributed by atoms with Crippen molar-refractivity contribution in [3.05, 3.63) is 59.9 Å². The summed E-state index contributed by atoms with van der Waals surface area (Å²) in [6.45, 7) is 0.888. The van der Waals surface area contributed by atoms with E-state index in [1.54, 1.807) is 24.4 Å². The van der Waals surface area contributed by atoms with E-state index in [0.29, 0.717) is 11.7 Å². The quantitative estimate of drug-likeness (QED) is 0.875. The van der Waals surface area contributed by atoms with Crippen molar-refractivity contribution in [2.24, 2.45) is 0 Å². The monoisotopic (exact) mass is 267 g/mol. The zero-order valence-electron chi connectivity index (χ0n) is 11.2. The molecule has 0 bridgehead atoms. The Hall–Kier alpha value is -2.20. The Morgan fingerprint density at radius 2 is 1.95 bits per heavy atom. The second-order valence-electron chi connectivity index (χ2n) is 5.02. The molecule has 1 fully saturated rings. The van der Waals surface area contributed by atoms with Crippen molar-refractivity contribution >= 4 is 11.6 Å². The van der Waals surface area contributed by atoms with E-state index in [1.165, 1.54) is 18.4 Å². The minimum Gasteiger partial charge on any atom is -0.321 e. The van der Waals surface area contributed by atoms with Gasteiger partial charge in [-0.05, 0) is 42.7 Å². The highest BCUT2D eigenvalue weighted by Gasteiger charge is 2.19. The van der Waals surface area contributed by atoms with Gasteiger partial charge in [-0.3, -0.25) is 9.78 Å². The number of anilines is 1. The van der Waals surface area contributed by atoms with Gasteiger partial charge in [-0.15, -0.1) is 0 Å². The van der Waals surface area contributed by atoms with Gasteiger partial charge in [-0.1, -0.05) is 18.2 Å². The maximum absolute atomic E-state index is 11.9. The van der Waals surface area contributed by atoms with Gasteiger partial charge in [0.05, 0.1) is 0 Å².